The standard InChI is InChI=1S/C9H5ClN4O2S2/c10-7-3-8(13-5-12-7)14-18(15,16)9-2-1-6(4-11)17-9/h1-3,5H,(H,12,13,14). The summed E-state index contributed by atoms with van der Waals surface area (Å²) in [5.41, 5.74) is 0. The average Bonchev–Trinajstić information content (AvgIpc) is 2.77. The van der Waals surface area contributed by atoms with Gasteiger partial charge in [-0.05, 0) is 12.1 Å². The molecule has 0 saturated heterocycles. The first kappa shape index (κ1) is 12.8. The quantitative estimate of drug-likeness (QED) is 0.873. The second kappa shape index (κ2) is 4.89. The Labute approximate surface area is 112 Å². The maximum atomic E-state index is 11.9. The molecule has 0 aliphatic heterocycles. The molecule has 0 radical (unpaired) electrons. The number of sulfonamides is 1. The lowest BCUT2D eigenvalue weighted by Gasteiger charge is -2.04. The van der Waals surface area contributed by atoms with Crippen LogP contribution in [0.2, 0.25) is 5.15 Å². The van der Waals surface area contributed by atoms with Gasteiger partial charge in [-0.2, -0.15) is 5.26 Å². The van der Waals surface area contributed by atoms with Crippen LogP contribution in [0.15, 0.2) is 28.7 Å². The second-order valence-electron chi connectivity index (χ2n) is 3.06. The predicted octanol–water partition coefficient (Wildman–Crippen LogP) is 1.86. The largest absolute Gasteiger partial charge is 0.272 e. The SMILES string of the molecule is N#Cc1ccc(S(=O)(=O)Nc2cc(Cl)ncn2)s1. The molecule has 0 aromatic carbocycles. The zero-order valence-electron chi connectivity index (χ0n) is 8.66. The molecule has 18 heavy (non-hydrogen) atoms. The summed E-state index contributed by atoms with van der Waals surface area (Å²) >= 11 is 6.50. The molecule has 9 heteroatoms. The van der Waals surface area contributed by atoms with E-state index in [2.05, 4.69) is 14.7 Å². The van der Waals surface area contributed by atoms with Crippen LogP contribution in [-0.4, -0.2) is 18.4 Å². The van der Waals surface area contributed by atoms with Gasteiger partial charge in [-0.1, -0.05) is 11.6 Å². The van der Waals surface area contributed by atoms with E-state index in [9.17, 15) is 8.42 Å². The van der Waals surface area contributed by atoms with Crippen LogP contribution in [0.4, 0.5) is 5.82 Å². The van der Waals surface area contributed by atoms with E-state index < -0.39 is 10.0 Å². The molecule has 0 aliphatic carbocycles. The van der Waals surface area contributed by atoms with Gasteiger partial charge in [0.1, 0.15) is 32.5 Å². The molecule has 0 fully saturated rings. The lowest BCUT2D eigenvalue weighted by molar-refractivity contribution is 0.603. The minimum atomic E-state index is -3.75. The molecule has 2 aromatic heterocycles. The second-order valence-corrected chi connectivity index (χ2v) is 6.44. The maximum absolute atomic E-state index is 11.9. The Morgan fingerprint density at radius 2 is 2.17 bits per heavy atom. The van der Waals surface area contributed by atoms with Crippen molar-refractivity contribution in [3.8, 4) is 6.07 Å². The van der Waals surface area contributed by atoms with E-state index >= 15 is 0 Å². The predicted molar refractivity (Wildman–Crippen MR) is 66.9 cm³/mol. The Bertz CT molecular complexity index is 720. The third kappa shape index (κ3) is 2.76. The summed E-state index contributed by atoms with van der Waals surface area (Å²) in [5.74, 6) is 0.0712. The Kier molecular flexibility index (Phi) is 3.47. The number of anilines is 1. The number of aromatic nitrogens is 2. The number of nitriles is 1. The van der Waals surface area contributed by atoms with E-state index in [0.717, 1.165) is 17.7 Å². The molecule has 92 valence electrons. The van der Waals surface area contributed by atoms with Crippen molar-refractivity contribution in [1.82, 2.24) is 9.97 Å². The van der Waals surface area contributed by atoms with Gasteiger partial charge in [0.15, 0.2) is 0 Å². The van der Waals surface area contributed by atoms with Crippen LogP contribution in [0.3, 0.4) is 0 Å². The zero-order valence-corrected chi connectivity index (χ0v) is 11.1. The fourth-order valence-corrected chi connectivity index (χ4v) is 3.35. The molecule has 2 heterocycles. The molecule has 0 aliphatic rings. The van der Waals surface area contributed by atoms with Gasteiger partial charge in [0.2, 0.25) is 0 Å². The first-order valence-corrected chi connectivity index (χ1v) is 7.19. The van der Waals surface area contributed by atoms with Crippen molar-refractivity contribution < 1.29 is 8.42 Å². The fraction of sp³-hybridized carbons (Fsp3) is 0. The Morgan fingerprint density at radius 1 is 1.39 bits per heavy atom. The number of thiophene rings is 1. The molecule has 2 rings (SSSR count). The summed E-state index contributed by atoms with van der Waals surface area (Å²) in [6, 6.07) is 5.95. The first-order valence-electron chi connectivity index (χ1n) is 4.51. The van der Waals surface area contributed by atoms with Crippen molar-refractivity contribution in [1.29, 1.82) is 5.26 Å². The molecule has 6 nitrogen and oxygen atoms in total. The molecule has 2 aromatic rings. The van der Waals surface area contributed by atoms with Crippen LogP contribution in [0, 0.1) is 11.3 Å². The summed E-state index contributed by atoms with van der Waals surface area (Å²) in [7, 11) is -3.75. The maximum Gasteiger partial charge on any atom is 0.272 e. The minimum absolute atomic E-state index is 0.0359. The molecular weight excluding hydrogens is 296 g/mol. The van der Waals surface area contributed by atoms with Gasteiger partial charge in [0.05, 0.1) is 0 Å². The highest BCUT2D eigenvalue weighted by atomic mass is 35.5. The van der Waals surface area contributed by atoms with Crippen LogP contribution < -0.4 is 4.72 Å². The molecule has 0 bridgehead atoms. The monoisotopic (exact) mass is 300 g/mol. The number of hydrogen-bond donors (Lipinski definition) is 1. The van der Waals surface area contributed by atoms with Gasteiger partial charge in [-0.15, -0.1) is 11.3 Å². The molecule has 0 amide bonds. The molecule has 1 N–H and O–H groups in total. The third-order valence-corrected chi connectivity index (χ3v) is 4.87. The highest BCUT2D eigenvalue weighted by molar-refractivity contribution is 7.94. The number of nitrogens with zero attached hydrogens (tertiary/aromatic N) is 3. The van der Waals surface area contributed by atoms with E-state index in [-0.39, 0.29) is 15.2 Å². The number of rotatable bonds is 3. The summed E-state index contributed by atoms with van der Waals surface area (Å²) in [5, 5.41) is 8.78. The first-order chi connectivity index (χ1) is 8.51. The average molecular weight is 301 g/mol. The van der Waals surface area contributed by atoms with E-state index in [0.29, 0.717) is 4.88 Å². The molecule has 0 spiro atoms. The number of nitrogens with one attached hydrogen (secondary N) is 1. The van der Waals surface area contributed by atoms with Gasteiger partial charge < -0.3 is 0 Å². The van der Waals surface area contributed by atoms with Crippen LogP contribution in [0.5, 0.6) is 0 Å². The van der Waals surface area contributed by atoms with Gasteiger partial charge in [0, 0.05) is 6.07 Å². The van der Waals surface area contributed by atoms with Crippen LogP contribution in [-0.2, 0) is 10.0 Å². The summed E-state index contributed by atoms with van der Waals surface area (Å²) in [6.07, 6.45) is 1.15. The Morgan fingerprint density at radius 3 is 2.78 bits per heavy atom. The fourth-order valence-electron chi connectivity index (χ4n) is 1.10. The van der Waals surface area contributed by atoms with Gasteiger partial charge >= 0.3 is 0 Å². The number of halogens is 1. The van der Waals surface area contributed by atoms with Gasteiger partial charge in [0.25, 0.3) is 10.0 Å². The van der Waals surface area contributed by atoms with Crippen LogP contribution >= 0.6 is 22.9 Å². The van der Waals surface area contributed by atoms with Gasteiger partial charge in [-0.3, -0.25) is 4.72 Å². The highest BCUT2D eigenvalue weighted by Crippen LogP contribution is 2.23. The smallest absolute Gasteiger partial charge is 0.263 e. The third-order valence-electron chi connectivity index (χ3n) is 1.83. The van der Waals surface area contributed by atoms with Crippen molar-refractivity contribution in [2.75, 3.05) is 4.72 Å². The molecule has 0 atom stereocenters. The molecule has 0 saturated carbocycles. The Balaban J connectivity index is 2.30. The zero-order chi connectivity index (χ0) is 13.2. The van der Waals surface area contributed by atoms with Crippen molar-refractivity contribution in [2.24, 2.45) is 0 Å². The number of hydrogen-bond acceptors (Lipinski definition) is 6. The molecule has 0 unspecified atom stereocenters. The van der Waals surface area contributed by atoms with E-state index in [1.54, 1.807) is 0 Å². The van der Waals surface area contributed by atoms with E-state index in [1.807, 2.05) is 6.07 Å². The Hall–Kier alpha value is -1.69. The topological polar surface area (TPSA) is 95.7 Å². The lowest BCUT2D eigenvalue weighted by atomic mass is 10.5. The highest BCUT2D eigenvalue weighted by Gasteiger charge is 2.17. The van der Waals surface area contributed by atoms with Crippen molar-refractivity contribution in [2.45, 2.75) is 4.21 Å². The van der Waals surface area contributed by atoms with Crippen molar-refractivity contribution in [3.05, 3.63) is 34.6 Å². The normalized spacial score (nSPS) is 10.9. The van der Waals surface area contributed by atoms with Crippen molar-refractivity contribution >= 4 is 38.8 Å². The van der Waals surface area contributed by atoms with Crippen molar-refractivity contribution in [3.63, 3.8) is 0 Å². The molecular formula is C9H5ClN4O2S2. The lowest BCUT2D eigenvalue weighted by Crippen LogP contribution is -2.12. The summed E-state index contributed by atoms with van der Waals surface area (Å²) in [4.78, 5) is 7.69. The summed E-state index contributed by atoms with van der Waals surface area (Å²) < 4.78 is 26.1. The van der Waals surface area contributed by atoms with Crippen LogP contribution in [0.25, 0.3) is 0 Å². The minimum Gasteiger partial charge on any atom is -0.263 e. The van der Waals surface area contributed by atoms with Crippen LogP contribution in [0.1, 0.15) is 4.88 Å². The van der Waals surface area contributed by atoms with E-state index in [4.69, 9.17) is 16.9 Å². The van der Waals surface area contributed by atoms with E-state index in [1.165, 1.54) is 18.2 Å². The summed E-state index contributed by atoms with van der Waals surface area (Å²) in [6.45, 7) is 0. The van der Waals surface area contributed by atoms with Gasteiger partial charge in [-0.25, -0.2) is 18.4 Å².